The molecular formula is C12H13Cl2N3O2S. The van der Waals surface area contributed by atoms with Gasteiger partial charge in [0, 0.05) is 21.4 Å². The standard InChI is InChI=1S/C12H13Cl2N3O2S/c1-2-20(18,19)4-3-17-8-12(15-16-17)9-5-10(13)7-11(14)6-9/h5-8H,2-4H2,1H3. The van der Waals surface area contributed by atoms with E-state index in [1.54, 1.807) is 31.3 Å². The molecule has 1 aromatic heterocycles. The largest absolute Gasteiger partial charge is 0.251 e. The van der Waals surface area contributed by atoms with Crippen LogP contribution < -0.4 is 0 Å². The summed E-state index contributed by atoms with van der Waals surface area (Å²) in [6, 6.07) is 5.08. The van der Waals surface area contributed by atoms with Crippen LogP contribution in [0.3, 0.4) is 0 Å². The van der Waals surface area contributed by atoms with Gasteiger partial charge in [-0.15, -0.1) is 5.10 Å². The Hall–Kier alpha value is -1.11. The van der Waals surface area contributed by atoms with Gasteiger partial charge in [-0.1, -0.05) is 35.3 Å². The van der Waals surface area contributed by atoms with Gasteiger partial charge in [0.25, 0.3) is 0 Å². The smallest absolute Gasteiger partial charge is 0.151 e. The van der Waals surface area contributed by atoms with Crippen LogP contribution in [0.1, 0.15) is 6.92 Å². The zero-order valence-electron chi connectivity index (χ0n) is 10.8. The molecule has 5 nitrogen and oxygen atoms in total. The van der Waals surface area contributed by atoms with E-state index >= 15 is 0 Å². The summed E-state index contributed by atoms with van der Waals surface area (Å²) in [5, 5.41) is 8.92. The summed E-state index contributed by atoms with van der Waals surface area (Å²) in [6.45, 7) is 1.90. The lowest BCUT2D eigenvalue weighted by Gasteiger charge is -2.00. The van der Waals surface area contributed by atoms with Gasteiger partial charge in [0.2, 0.25) is 0 Å². The highest BCUT2D eigenvalue weighted by Gasteiger charge is 2.10. The fraction of sp³-hybridized carbons (Fsp3) is 0.333. The predicted molar refractivity (Wildman–Crippen MR) is 79.8 cm³/mol. The van der Waals surface area contributed by atoms with Crippen molar-refractivity contribution < 1.29 is 8.42 Å². The number of halogens is 2. The number of benzene rings is 1. The molecule has 20 heavy (non-hydrogen) atoms. The minimum absolute atomic E-state index is 0.0442. The van der Waals surface area contributed by atoms with Gasteiger partial charge in [0.05, 0.1) is 18.5 Å². The highest BCUT2D eigenvalue weighted by atomic mass is 35.5. The van der Waals surface area contributed by atoms with Crippen LogP contribution in [0.2, 0.25) is 10.0 Å². The number of rotatable bonds is 5. The third-order valence-electron chi connectivity index (χ3n) is 2.77. The van der Waals surface area contributed by atoms with Crippen LogP contribution in [-0.2, 0) is 16.4 Å². The molecule has 0 amide bonds. The second-order valence-electron chi connectivity index (χ2n) is 4.26. The molecule has 0 aliphatic heterocycles. The maximum absolute atomic E-state index is 11.4. The predicted octanol–water partition coefficient (Wildman–Crippen LogP) is 2.69. The van der Waals surface area contributed by atoms with Gasteiger partial charge in [-0.3, -0.25) is 4.68 Å². The molecule has 108 valence electrons. The van der Waals surface area contributed by atoms with Gasteiger partial charge < -0.3 is 0 Å². The average molecular weight is 334 g/mol. The topological polar surface area (TPSA) is 64.8 Å². The van der Waals surface area contributed by atoms with E-state index in [0.29, 0.717) is 15.7 Å². The molecule has 0 bridgehead atoms. The van der Waals surface area contributed by atoms with E-state index in [0.717, 1.165) is 5.56 Å². The van der Waals surface area contributed by atoms with Crippen molar-refractivity contribution in [2.75, 3.05) is 11.5 Å². The van der Waals surface area contributed by atoms with Crippen molar-refractivity contribution in [1.29, 1.82) is 0 Å². The molecule has 0 atom stereocenters. The molecule has 0 unspecified atom stereocenters. The van der Waals surface area contributed by atoms with Crippen molar-refractivity contribution in [2.45, 2.75) is 13.5 Å². The van der Waals surface area contributed by atoms with Gasteiger partial charge in [-0.2, -0.15) is 0 Å². The second kappa shape index (κ2) is 6.11. The van der Waals surface area contributed by atoms with Crippen LogP contribution in [-0.4, -0.2) is 34.9 Å². The third kappa shape index (κ3) is 3.94. The summed E-state index contributed by atoms with van der Waals surface area (Å²) in [6.07, 6.45) is 1.67. The third-order valence-corrected chi connectivity index (χ3v) is 4.89. The minimum atomic E-state index is -3.02. The Kier molecular flexibility index (Phi) is 4.67. The summed E-state index contributed by atoms with van der Waals surface area (Å²) in [4.78, 5) is 0. The van der Waals surface area contributed by atoms with E-state index in [-0.39, 0.29) is 18.1 Å². The number of nitrogens with zero attached hydrogens (tertiary/aromatic N) is 3. The highest BCUT2D eigenvalue weighted by Crippen LogP contribution is 2.25. The van der Waals surface area contributed by atoms with Gasteiger partial charge in [-0.25, -0.2) is 8.42 Å². The summed E-state index contributed by atoms with van der Waals surface area (Å²) >= 11 is 11.9. The Balaban J connectivity index is 2.16. The van der Waals surface area contributed by atoms with Crippen molar-refractivity contribution in [3.63, 3.8) is 0 Å². The van der Waals surface area contributed by atoms with E-state index in [1.807, 2.05) is 0 Å². The first-order valence-electron chi connectivity index (χ1n) is 5.96. The van der Waals surface area contributed by atoms with Crippen LogP contribution in [0.25, 0.3) is 11.3 Å². The number of aryl methyl sites for hydroxylation is 1. The maximum atomic E-state index is 11.4. The van der Waals surface area contributed by atoms with E-state index < -0.39 is 9.84 Å². The molecule has 2 rings (SSSR count). The highest BCUT2D eigenvalue weighted by molar-refractivity contribution is 7.91. The lowest BCUT2D eigenvalue weighted by Crippen LogP contribution is -2.14. The van der Waals surface area contributed by atoms with E-state index in [9.17, 15) is 8.42 Å². The second-order valence-corrected chi connectivity index (χ2v) is 7.61. The van der Waals surface area contributed by atoms with Crippen molar-refractivity contribution >= 4 is 33.0 Å². The number of aromatic nitrogens is 3. The molecule has 0 saturated heterocycles. The molecule has 1 heterocycles. The number of hydrogen-bond donors (Lipinski definition) is 0. The molecule has 0 aliphatic rings. The molecule has 8 heteroatoms. The summed E-state index contributed by atoms with van der Waals surface area (Å²) in [7, 11) is -3.02. The molecule has 2 aromatic rings. The normalized spacial score (nSPS) is 11.8. The Morgan fingerprint density at radius 3 is 2.45 bits per heavy atom. The Morgan fingerprint density at radius 2 is 1.85 bits per heavy atom. The lowest BCUT2D eigenvalue weighted by molar-refractivity contribution is 0.576. The van der Waals surface area contributed by atoms with Crippen molar-refractivity contribution in [1.82, 2.24) is 15.0 Å². The molecule has 0 N–H and O–H groups in total. The number of sulfone groups is 1. The Morgan fingerprint density at radius 1 is 1.20 bits per heavy atom. The lowest BCUT2D eigenvalue weighted by atomic mass is 10.2. The van der Waals surface area contributed by atoms with Crippen LogP contribution >= 0.6 is 23.2 Å². The Bertz CT molecular complexity index is 693. The monoisotopic (exact) mass is 333 g/mol. The molecule has 1 aromatic carbocycles. The van der Waals surface area contributed by atoms with Crippen LogP contribution in [0.15, 0.2) is 24.4 Å². The van der Waals surface area contributed by atoms with Gasteiger partial charge in [0.15, 0.2) is 9.84 Å². The molecule has 0 radical (unpaired) electrons. The molecule has 0 saturated carbocycles. The first-order valence-corrected chi connectivity index (χ1v) is 8.54. The first-order chi connectivity index (χ1) is 9.39. The van der Waals surface area contributed by atoms with Gasteiger partial charge in [0.1, 0.15) is 5.69 Å². The maximum Gasteiger partial charge on any atom is 0.151 e. The summed E-state index contributed by atoms with van der Waals surface area (Å²) < 4.78 is 24.4. The van der Waals surface area contributed by atoms with Crippen molar-refractivity contribution in [2.24, 2.45) is 0 Å². The first kappa shape index (κ1) is 15.3. The van der Waals surface area contributed by atoms with Crippen LogP contribution in [0.5, 0.6) is 0 Å². The van der Waals surface area contributed by atoms with E-state index in [2.05, 4.69) is 10.3 Å². The van der Waals surface area contributed by atoms with Crippen LogP contribution in [0.4, 0.5) is 0 Å². The summed E-state index contributed by atoms with van der Waals surface area (Å²) in [5.41, 5.74) is 1.34. The summed E-state index contributed by atoms with van der Waals surface area (Å²) in [5.74, 6) is 0.168. The quantitative estimate of drug-likeness (QED) is 0.843. The SMILES string of the molecule is CCS(=O)(=O)CCn1cc(-c2cc(Cl)cc(Cl)c2)nn1. The fourth-order valence-corrected chi connectivity index (χ4v) is 2.90. The average Bonchev–Trinajstić information content (AvgIpc) is 2.84. The van der Waals surface area contributed by atoms with E-state index in [1.165, 1.54) is 4.68 Å². The van der Waals surface area contributed by atoms with Gasteiger partial charge in [-0.05, 0) is 18.2 Å². The fourth-order valence-electron chi connectivity index (χ4n) is 1.62. The van der Waals surface area contributed by atoms with E-state index in [4.69, 9.17) is 23.2 Å². The molecular weight excluding hydrogens is 321 g/mol. The molecule has 0 fully saturated rings. The van der Waals surface area contributed by atoms with Crippen molar-refractivity contribution in [3.05, 3.63) is 34.4 Å². The molecule has 0 spiro atoms. The zero-order chi connectivity index (χ0) is 14.8. The Labute approximate surface area is 127 Å². The molecule has 0 aliphatic carbocycles. The van der Waals surface area contributed by atoms with Crippen molar-refractivity contribution in [3.8, 4) is 11.3 Å². The van der Waals surface area contributed by atoms with Gasteiger partial charge >= 0.3 is 0 Å². The number of hydrogen-bond acceptors (Lipinski definition) is 4. The minimum Gasteiger partial charge on any atom is -0.251 e. The zero-order valence-corrected chi connectivity index (χ0v) is 13.1. The van der Waals surface area contributed by atoms with Crippen LogP contribution in [0, 0.1) is 0 Å².